The van der Waals surface area contributed by atoms with Crippen molar-refractivity contribution in [3.63, 3.8) is 0 Å². The molecule has 0 fully saturated rings. The molecule has 0 amide bonds. The van der Waals surface area contributed by atoms with Gasteiger partial charge in [0.15, 0.2) is 15.7 Å². The summed E-state index contributed by atoms with van der Waals surface area (Å²) in [5.41, 5.74) is 2.43. The van der Waals surface area contributed by atoms with Crippen LogP contribution in [0.4, 0.5) is 0 Å². The summed E-state index contributed by atoms with van der Waals surface area (Å²) in [5, 5.41) is 8.86. The Morgan fingerprint density at radius 1 is 0.900 bits per heavy atom. The maximum absolute atomic E-state index is 13.0. The fraction of sp³-hybridized carbons (Fsp3) is 0.222. The molecule has 0 N–H and O–H groups in total. The minimum atomic E-state index is -3.65. The monoisotopic (exact) mass is 580 g/mol. The normalized spacial score (nSPS) is 11.5. The molecule has 206 valence electrons. The van der Waals surface area contributed by atoms with E-state index in [4.69, 9.17) is 30.8 Å². The van der Waals surface area contributed by atoms with Crippen molar-refractivity contribution in [2.45, 2.75) is 18.4 Å². The van der Waals surface area contributed by atoms with Gasteiger partial charge in [0.05, 0.1) is 54.3 Å². The van der Waals surface area contributed by atoms with Crippen LogP contribution in [0.2, 0.25) is 5.02 Å². The van der Waals surface area contributed by atoms with Gasteiger partial charge in [-0.15, -0.1) is 5.10 Å². The van der Waals surface area contributed by atoms with Gasteiger partial charge in [-0.3, -0.25) is 9.55 Å². The highest BCUT2D eigenvalue weighted by atomic mass is 35.5. The second-order valence-corrected chi connectivity index (χ2v) is 11.1. The number of benzene rings is 1. The average molecular weight is 581 g/mol. The van der Waals surface area contributed by atoms with E-state index in [1.54, 1.807) is 67.3 Å². The molecule has 0 aliphatic carbocycles. The van der Waals surface area contributed by atoms with Crippen LogP contribution in [0.25, 0.3) is 28.4 Å². The zero-order valence-corrected chi connectivity index (χ0v) is 23.5. The molecule has 1 aromatic carbocycles. The number of para-hydroxylation sites is 1. The fourth-order valence-corrected chi connectivity index (χ4v) is 5.63. The SMILES string of the molecule is CCOc1cccc(-c2nc3nnc(CS(=O)(=O)Cc4ccc(Cl)cn4)cc3n2-c2c(OC)cccc2OC)n1. The molecule has 0 unspecified atom stereocenters. The number of hydrogen-bond acceptors (Lipinski definition) is 10. The molecule has 4 aromatic heterocycles. The molecule has 13 heteroatoms. The highest BCUT2D eigenvalue weighted by Crippen LogP contribution is 2.38. The van der Waals surface area contributed by atoms with Crippen LogP contribution in [0.1, 0.15) is 18.3 Å². The second-order valence-electron chi connectivity index (χ2n) is 8.62. The third-order valence-electron chi connectivity index (χ3n) is 5.86. The number of halogens is 1. The van der Waals surface area contributed by atoms with Crippen LogP contribution in [0, 0.1) is 0 Å². The molecule has 40 heavy (non-hydrogen) atoms. The Bertz CT molecular complexity index is 1750. The lowest BCUT2D eigenvalue weighted by molar-refractivity contribution is 0.327. The van der Waals surface area contributed by atoms with E-state index in [0.29, 0.717) is 57.4 Å². The standard InChI is InChI=1S/C27H25ClN6O5S/c1-4-39-24-10-5-7-20(30-24)27-31-26-21(34(27)25-22(37-2)8-6-9-23(25)38-3)13-19(32-33-26)16-40(35,36)15-18-12-11-17(28)14-29-18/h5-14H,4,15-16H2,1-3H3. The van der Waals surface area contributed by atoms with Crippen molar-refractivity contribution >= 4 is 32.6 Å². The van der Waals surface area contributed by atoms with E-state index in [9.17, 15) is 8.42 Å². The number of ether oxygens (including phenoxy) is 3. The predicted octanol–water partition coefficient (Wildman–Crippen LogP) is 4.46. The van der Waals surface area contributed by atoms with E-state index in [0.717, 1.165) is 0 Å². The third-order valence-corrected chi connectivity index (χ3v) is 7.56. The molecule has 0 saturated carbocycles. The van der Waals surface area contributed by atoms with Crippen molar-refractivity contribution < 1.29 is 22.6 Å². The van der Waals surface area contributed by atoms with E-state index in [-0.39, 0.29) is 22.8 Å². The number of imidazole rings is 1. The number of methoxy groups -OCH3 is 2. The summed E-state index contributed by atoms with van der Waals surface area (Å²) in [6.45, 7) is 2.32. The largest absolute Gasteiger partial charge is 0.494 e. The number of hydrogen-bond donors (Lipinski definition) is 0. The summed E-state index contributed by atoms with van der Waals surface area (Å²) in [4.78, 5) is 13.4. The Morgan fingerprint density at radius 3 is 2.30 bits per heavy atom. The lowest BCUT2D eigenvalue weighted by Crippen LogP contribution is -2.11. The molecule has 0 saturated heterocycles. The van der Waals surface area contributed by atoms with E-state index < -0.39 is 9.84 Å². The Kier molecular flexibility index (Phi) is 7.81. The Balaban J connectivity index is 1.66. The Labute approximate surface area is 235 Å². The minimum Gasteiger partial charge on any atom is -0.494 e. The first-order valence-electron chi connectivity index (χ1n) is 12.2. The Hall–Kier alpha value is -4.29. The van der Waals surface area contributed by atoms with E-state index in [2.05, 4.69) is 20.2 Å². The van der Waals surface area contributed by atoms with Gasteiger partial charge in [0.25, 0.3) is 0 Å². The lowest BCUT2D eigenvalue weighted by atomic mass is 10.2. The summed E-state index contributed by atoms with van der Waals surface area (Å²) in [7, 11) is -0.547. The second kappa shape index (κ2) is 11.4. The van der Waals surface area contributed by atoms with Crippen LogP contribution in [0.3, 0.4) is 0 Å². The maximum Gasteiger partial charge on any atom is 0.213 e. The average Bonchev–Trinajstić information content (AvgIpc) is 3.32. The zero-order chi connectivity index (χ0) is 28.3. The van der Waals surface area contributed by atoms with Crippen molar-refractivity contribution in [1.29, 1.82) is 0 Å². The van der Waals surface area contributed by atoms with Gasteiger partial charge >= 0.3 is 0 Å². The number of rotatable bonds is 10. The summed E-state index contributed by atoms with van der Waals surface area (Å²) in [6, 6.07) is 15.6. The number of sulfone groups is 1. The van der Waals surface area contributed by atoms with Crippen molar-refractivity contribution in [1.82, 2.24) is 29.7 Å². The summed E-state index contributed by atoms with van der Waals surface area (Å²) < 4.78 is 44.8. The van der Waals surface area contributed by atoms with Crippen LogP contribution < -0.4 is 14.2 Å². The highest BCUT2D eigenvalue weighted by molar-refractivity contribution is 7.89. The van der Waals surface area contributed by atoms with Gasteiger partial charge in [-0.05, 0) is 43.3 Å². The lowest BCUT2D eigenvalue weighted by Gasteiger charge is -2.17. The van der Waals surface area contributed by atoms with Gasteiger partial charge in [-0.2, -0.15) is 5.10 Å². The summed E-state index contributed by atoms with van der Waals surface area (Å²) in [6.07, 6.45) is 1.41. The molecule has 11 nitrogen and oxygen atoms in total. The molecule has 0 bridgehead atoms. The highest BCUT2D eigenvalue weighted by Gasteiger charge is 2.24. The van der Waals surface area contributed by atoms with E-state index >= 15 is 0 Å². The summed E-state index contributed by atoms with van der Waals surface area (Å²) in [5.74, 6) is 1.21. The molecule has 0 atom stereocenters. The van der Waals surface area contributed by atoms with Crippen LogP contribution >= 0.6 is 11.6 Å². The fourth-order valence-electron chi connectivity index (χ4n) is 4.20. The van der Waals surface area contributed by atoms with Crippen LogP contribution in [-0.2, 0) is 21.3 Å². The molecule has 0 aliphatic heterocycles. The molecular weight excluding hydrogens is 556 g/mol. The number of nitrogens with zero attached hydrogens (tertiary/aromatic N) is 6. The van der Waals surface area contributed by atoms with Gasteiger partial charge in [0.1, 0.15) is 22.9 Å². The molecule has 5 rings (SSSR count). The molecule has 5 aromatic rings. The molecule has 0 radical (unpaired) electrons. The number of pyridine rings is 2. The quantitative estimate of drug-likeness (QED) is 0.233. The smallest absolute Gasteiger partial charge is 0.213 e. The molecule has 0 spiro atoms. The first-order valence-corrected chi connectivity index (χ1v) is 14.4. The van der Waals surface area contributed by atoms with E-state index in [1.807, 2.05) is 13.0 Å². The van der Waals surface area contributed by atoms with Crippen molar-refractivity contribution in [2.24, 2.45) is 0 Å². The van der Waals surface area contributed by atoms with Crippen molar-refractivity contribution in [3.05, 3.63) is 77.2 Å². The van der Waals surface area contributed by atoms with Gasteiger partial charge in [0.2, 0.25) is 11.5 Å². The van der Waals surface area contributed by atoms with Gasteiger partial charge in [0, 0.05) is 12.3 Å². The van der Waals surface area contributed by atoms with Crippen molar-refractivity contribution in [2.75, 3.05) is 20.8 Å². The summed E-state index contributed by atoms with van der Waals surface area (Å²) >= 11 is 5.88. The zero-order valence-electron chi connectivity index (χ0n) is 21.9. The maximum atomic E-state index is 13.0. The van der Waals surface area contributed by atoms with E-state index in [1.165, 1.54) is 6.20 Å². The molecular formula is C27H25ClN6O5S. The topological polar surface area (TPSA) is 131 Å². The van der Waals surface area contributed by atoms with Crippen LogP contribution in [0.15, 0.2) is 60.8 Å². The molecule has 0 aliphatic rings. The van der Waals surface area contributed by atoms with Gasteiger partial charge in [-0.1, -0.05) is 23.7 Å². The molecule has 4 heterocycles. The van der Waals surface area contributed by atoms with Gasteiger partial charge < -0.3 is 14.2 Å². The first-order chi connectivity index (χ1) is 19.3. The third kappa shape index (κ3) is 5.68. The predicted molar refractivity (Wildman–Crippen MR) is 150 cm³/mol. The number of aromatic nitrogens is 6. The van der Waals surface area contributed by atoms with Crippen molar-refractivity contribution in [3.8, 4) is 34.6 Å². The van der Waals surface area contributed by atoms with Gasteiger partial charge in [-0.25, -0.2) is 18.4 Å². The minimum absolute atomic E-state index is 0.235. The number of fused-ring (bicyclic) bond motifs is 1. The Morgan fingerprint density at radius 2 is 1.62 bits per heavy atom. The first kappa shape index (κ1) is 27.3. The van der Waals surface area contributed by atoms with Crippen LogP contribution in [0.5, 0.6) is 17.4 Å². The van der Waals surface area contributed by atoms with Crippen LogP contribution in [-0.4, -0.2) is 59.0 Å².